The monoisotopic (exact) mass is 154 g/mol. The zero-order chi connectivity index (χ0) is 7.84. The number of esters is 1. The van der Waals surface area contributed by atoms with Gasteiger partial charge in [0.15, 0.2) is 0 Å². The predicted molar refractivity (Wildman–Crippen MR) is 38.0 cm³/mol. The second-order valence-electron chi connectivity index (χ2n) is 2.90. The molecule has 2 atom stereocenters. The van der Waals surface area contributed by atoms with Gasteiger partial charge in [-0.05, 0) is 18.9 Å². The second-order valence-corrected chi connectivity index (χ2v) is 2.90. The summed E-state index contributed by atoms with van der Waals surface area (Å²) in [5, 5.41) is 0. The van der Waals surface area contributed by atoms with Crippen molar-refractivity contribution in [1.29, 1.82) is 0 Å². The minimum absolute atomic E-state index is 0.0291. The molecular formula is C8H10O3. The van der Waals surface area contributed by atoms with Gasteiger partial charge in [0.25, 0.3) is 0 Å². The molecule has 3 nitrogen and oxygen atoms in total. The zero-order valence-electron chi connectivity index (χ0n) is 6.37. The first-order chi connectivity index (χ1) is 5.27. The molecule has 2 aliphatic heterocycles. The fraction of sp³-hybridized carbons (Fsp3) is 0.625. The number of carbonyl (C=O) groups is 1. The summed E-state index contributed by atoms with van der Waals surface area (Å²) < 4.78 is 10.3. The van der Waals surface area contributed by atoms with E-state index in [-0.39, 0.29) is 18.2 Å². The summed E-state index contributed by atoms with van der Waals surface area (Å²) in [6.45, 7) is 2.64. The highest BCUT2D eigenvalue weighted by molar-refractivity contribution is 5.86. The Balaban J connectivity index is 2.20. The molecule has 1 saturated heterocycles. The molecule has 0 aromatic rings. The fourth-order valence-electron chi connectivity index (χ4n) is 1.53. The van der Waals surface area contributed by atoms with E-state index in [9.17, 15) is 4.79 Å². The molecule has 0 radical (unpaired) electrons. The molecule has 0 N–H and O–H groups in total. The lowest BCUT2D eigenvalue weighted by Gasteiger charge is -2.26. The molecule has 0 bridgehead atoms. The highest BCUT2D eigenvalue weighted by Gasteiger charge is 2.34. The van der Waals surface area contributed by atoms with Gasteiger partial charge in [-0.15, -0.1) is 0 Å². The standard InChI is InChI=1S/C8H10O3/c1-5-8-6(2-3-10-5)4-7(9)11-8/h4-5,8H,2-3H2,1H3/t5-,8+/m1/s1. The Morgan fingerprint density at radius 2 is 2.45 bits per heavy atom. The second kappa shape index (κ2) is 2.34. The molecule has 0 unspecified atom stereocenters. The number of carbonyl (C=O) groups excluding carboxylic acids is 1. The molecule has 2 heterocycles. The van der Waals surface area contributed by atoms with Crippen molar-refractivity contribution in [2.24, 2.45) is 0 Å². The van der Waals surface area contributed by atoms with Crippen molar-refractivity contribution >= 4 is 5.97 Å². The summed E-state index contributed by atoms with van der Waals surface area (Å²) in [5.74, 6) is -0.220. The highest BCUT2D eigenvalue weighted by atomic mass is 16.6. The lowest BCUT2D eigenvalue weighted by atomic mass is 10.0. The fourth-order valence-corrected chi connectivity index (χ4v) is 1.53. The van der Waals surface area contributed by atoms with Crippen LogP contribution in [0.25, 0.3) is 0 Å². The van der Waals surface area contributed by atoms with Gasteiger partial charge in [-0.25, -0.2) is 4.79 Å². The highest BCUT2D eigenvalue weighted by Crippen LogP contribution is 2.27. The summed E-state index contributed by atoms with van der Waals surface area (Å²) >= 11 is 0. The molecule has 0 amide bonds. The van der Waals surface area contributed by atoms with Crippen LogP contribution in [0.2, 0.25) is 0 Å². The van der Waals surface area contributed by atoms with Gasteiger partial charge in [0.05, 0.1) is 12.7 Å². The molecule has 1 fully saturated rings. The Morgan fingerprint density at radius 1 is 1.64 bits per heavy atom. The molecule has 11 heavy (non-hydrogen) atoms. The van der Waals surface area contributed by atoms with E-state index < -0.39 is 0 Å². The minimum Gasteiger partial charge on any atom is -0.452 e. The average molecular weight is 154 g/mol. The lowest BCUT2D eigenvalue weighted by Crippen LogP contribution is -2.33. The minimum atomic E-state index is -0.220. The average Bonchev–Trinajstić information content (AvgIpc) is 2.31. The molecule has 0 spiro atoms. The first-order valence-corrected chi connectivity index (χ1v) is 3.80. The van der Waals surface area contributed by atoms with Crippen molar-refractivity contribution in [3.8, 4) is 0 Å². The molecule has 2 aliphatic rings. The van der Waals surface area contributed by atoms with Crippen molar-refractivity contribution in [2.75, 3.05) is 6.61 Å². The Kier molecular flexibility index (Phi) is 1.46. The van der Waals surface area contributed by atoms with Crippen LogP contribution < -0.4 is 0 Å². The van der Waals surface area contributed by atoms with Gasteiger partial charge in [0, 0.05) is 6.08 Å². The number of rotatable bonds is 0. The van der Waals surface area contributed by atoms with Crippen LogP contribution in [-0.4, -0.2) is 24.8 Å². The van der Waals surface area contributed by atoms with Gasteiger partial charge >= 0.3 is 5.97 Å². The number of hydrogen-bond donors (Lipinski definition) is 0. The molecule has 0 saturated carbocycles. The Bertz CT molecular complexity index is 219. The van der Waals surface area contributed by atoms with Gasteiger partial charge in [0.2, 0.25) is 0 Å². The molecule has 60 valence electrons. The van der Waals surface area contributed by atoms with Crippen molar-refractivity contribution in [2.45, 2.75) is 25.6 Å². The van der Waals surface area contributed by atoms with E-state index in [1.54, 1.807) is 6.08 Å². The van der Waals surface area contributed by atoms with Crippen molar-refractivity contribution in [1.82, 2.24) is 0 Å². The van der Waals surface area contributed by atoms with Crippen LogP contribution in [0.4, 0.5) is 0 Å². The van der Waals surface area contributed by atoms with Gasteiger partial charge in [-0.2, -0.15) is 0 Å². The molecule has 2 rings (SSSR count). The van der Waals surface area contributed by atoms with E-state index in [1.165, 1.54) is 0 Å². The lowest BCUT2D eigenvalue weighted by molar-refractivity contribution is -0.146. The first kappa shape index (κ1) is 6.85. The van der Waals surface area contributed by atoms with Crippen LogP contribution in [0.3, 0.4) is 0 Å². The molecule has 3 heteroatoms. The Morgan fingerprint density at radius 3 is 3.18 bits per heavy atom. The third kappa shape index (κ3) is 1.05. The van der Waals surface area contributed by atoms with E-state index >= 15 is 0 Å². The summed E-state index contributed by atoms with van der Waals surface area (Å²) in [4.78, 5) is 10.8. The normalized spacial score (nSPS) is 36.1. The van der Waals surface area contributed by atoms with Crippen LogP contribution in [0.5, 0.6) is 0 Å². The van der Waals surface area contributed by atoms with E-state index in [2.05, 4.69) is 0 Å². The van der Waals surface area contributed by atoms with Crippen LogP contribution in [-0.2, 0) is 14.3 Å². The van der Waals surface area contributed by atoms with E-state index in [0.717, 1.165) is 12.0 Å². The topological polar surface area (TPSA) is 35.5 Å². The van der Waals surface area contributed by atoms with E-state index in [4.69, 9.17) is 9.47 Å². The van der Waals surface area contributed by atoms with Crippen molar-refractivity contribution in [3.05, 3.63) is 11.6 Å². The van der Waals surface area contributed by atoms with Gasteiger partial charge in [-0.1, -0.05) is 0 Å². The largest absolute Gasteiger partial charge is 0.452 e. The predicted octanol–water partition coefficient (Wildman–Crippen LogP) is 0.647. The van der Waals surface area contributed by atoms with E-state index in [0.29, 0.717) is 6.61 Å². The van der Waals surface area contributed by atoms with Crippen LogP contribution in [0.15, 0.2) is 11.6 Å². The summed E-state index contributed by atoms with van der Waals surface area (Å²) in [5.41, 5.74) is 1.09. The van der Waals surface area contributed by atoms with Gasteiger partial charge in [-0.3, -0.25) is 0 Å². The van der Waals surface area contributed by atoms with Crippen LogP contribution in [0.1, 0.15) is 13.3 Å². The van der Waals surface area contributed by atoms with Crippen LogP contribution in [0, 0.1) is 0 Å². The maximum Gasteiger partial charge on any atom is 0.331 e. The van der Waals surface area contributed by atoms with Gasteiger partial charge < -0.3 is 9.47 Å². The quantitative estimate of drug-likeness (QED) is 0.480. The smallest absolute Gasteiger partial charge is 0.331 e. The number of hydrogen-bond acceptors (Lipinski definition) is 3. The van der Waals surface area contributed by atoms with Crippen molar-refractivity contribution in [3.63, 3.8) is 0 Å². The molecule has 0 aromatic heterocycles. The molecule has 0 aromatic carbocycles. The summed E-state index contributed by atoms with van der Waals surface area (Å²) in [6.07, 6.45) is 2.35. The first-order valence-electron chi connectivity index (χ1n) is 3.80. The number of ether oxygens (including phenoxy) is 2. The summed E-state index contributed by atoms with van der Waals surface area (Å²) in [6, 6.07) is 0. The van der Waals surface area contributed by atoms with Crippen LogP contribution >= 0.6 is 0 Å². The zero-order valence-corrected chi connectivity index (χ0v) is 6.37. The Labute approximate surface area is 65.0 Å². The van der Waals surface area contributed by atoms with Gasteiger partial charge in [0.1, 0.15) is 6.10 Å². The maximum absolute atomic E-state index is 10.8. The third-order valence-corrected chi connectivity index (χ3v) is 2.11. The summed E-state index contributed by atoms with van der Waals surface area (Å²) in [7, 11) is 0. The number of fused-ring (bicyclic) bond motifs is 1. The third-order valence-electron chi connectivity index (χ3n) is 2.11. The molecular weight excluding hydrogens is 144 g/mol. The SMILES string of the molecule is C[C@H]1OCCC2=CC(=O)O[C@H]21. The van der Waals surface area contributed by atoms with Crippen molar-refractivity contribution < 1.29 is 14.3 Å². The van der Waals surface area contributed by atoms with E-state index in [1.807, 2.05) is 6.92 Å². The maximum atomic E-state index is 10.8. The molecule has 0 aliphatic carbocycles. The Hall–Kier alpha value is -0.830.